The van der Waals surface area contributed by atoms with E-state index in [1.807, 2.05) is 18.3 Å². The van der Waals surface area contributed by atoms with E-state index in [2.05, 4.69) is 30.7 Å². The minimum absolute atomic E-state index is 0.652. The quantitative estimate of drug-likeness (QED) is 0.538. The topological polar surface area (TPSA) is 34.1 Å². The third-order valence-electron chi connectivity index (χ3n) is 2.54. The molecule has 0 aliphatic rings. The van der Waals surface area contributed by atoms with Crippen LogP contribution in [0.15, 0.2) is 31.1 Å². The highest BCUT2D eigenvalue weighted by Gasteiger charge is 2.03. The molecule has 1 aromatic rings. The molecule has 1 aromatic heterocycles. The van der Waals surface area contributed by atoms with Crippen LogP contribution in [0.2, 0.25) is 0 Å². The molecular formula is C15H24N2O. The second-order valence-electron chi connectivity index (χ2n) is 4.79. The van der Waals surface area contributed by atoms with Crippen molar-refractivity contribution in [1.82, 2.24) is 10.3 Å². The Kier molecular flexibility index (Phi) is 7.11. The van der Waals surface area contributed by atoms with Gasteiger partial charge in [-0.1, -0.05) is 19.9 Å². The zero-order chi connectivity index (χ0) is 13.2. The van der Waals surface area contributed by atoms with Gasteiger partial charge in [-0.3, -0.25) is 4.98 Å². The molecule has 1 heterocycles. The number of hydrogen-bond donors (Lipinski definition) is 1. The minimum atomic E-state index is 0.652. The Hall–Kier alpha value is -1.35. The van der Waals surface area contributed by atoms with Gasteiger partial charge in [0, 0.05) is 24.5 Å². The number of ether oxygens (including phenoxy) is 1. The maximum absolute atomic E-state index is 5.77. The number of hydrogen-bond acceptors (Lipinski definition) is 3. The Morgan fingerprint density at radius 3 is 3.06 bits per heavy atom. The van der Waals surface area contributed by atoms with Crippen molar-refractivity contribution < 1.29 is 4.74 Å². The lowest BCUT2D eigenvalue weighted by atomic mass is 10.2. The van der Waals surface area contributed by atoms with Gasteiger partial charge in [-0.05, 0) is 31.4 Å². The van der Waals surface area contributed by atoms with E-state index in [0.29, 0.717) is 5.92 Å². The Labute approximate surface area is 110 Å². The fourth-order valence-electron chi connectivity index (χ4n) is 1.59. The standard InChI is InChI=1S/C15H24N2O/c1-4-5-6-9-18-15-7-8-16-11-14(15)12-17-10-13(2)3/h4,7-8,11,13,17H,1,5-6,9-10,12H2,2-3H3. The lowest BCUT2D eigenvalue weighted by Gasteiger charge is -2.12. The smallest absolute Gasteiger partial charge is 0.126 e. The number of pyridine rings is 1. The summed E-state index contributed by atoms with van der Waals surface area (Å²) in [6.07, 6.45) is 7.56. The molecule has 0 unspecified atom stereocenters. The van der Waals surface area contributed by atoms with E-state index in [0.717, 1.165) is 43.9 Å². The van der Waals surface area contributed by atoms with Crippen LogP contribution in [0, 0.1) is 5.92 Å². The molecule has 0 spiro atoms. The van der Waals surface area contributed by atoms with Crippen LogP contribution in [0.4, 0.5) is 0 Å². The fourth-order valence-corrected chi connectivity index (χ4v) is 1.59. The summed E-state index contributed by atoms with van der Waals surface area (Å²) in [7, 11) is 0. The number of nitrogens with one attached hydrogen (secondary N) is 1. The number of allylic oxidation sites excluding steroid dienone is 1. The Morgan fingerprint density at radius 1 is 1.50 bits per heavy atom. The maximum Gasteiger partial charge on any atom is 0.126 e. The second-order valence-corrected chi connectivity index (χ2v) is 4.79. The van der Waals surface area contributed by atoms with Crippen molar-refractivity contribution in [1.29, 1.82) is 0 Å². The van der Waals surface area contributed by atoms with Crippen molar-refractivity contribution in [2.75, 3.05) is 13.2 Å². The van der Waals surface area contributed by atoms with Crippen molar-refractivity contribution in [2.24, 2.45) is 5.92 Å². The van der Waals surface area contributed by atoms with Gasteiger partial charge in [-0.15, -0.1) is 6.58 Å². The highest BCUT2D eigenvalue weighted by Crippen LogP contribution is 2.16. The van der Waals surface area contributed by atoms with Gasteiger partial charge in [0.1, 0.15) is 5.75 Å². The molecule has 0 aliphatic heterocycles. The van der Waals surface area contributed by atoms with E-state index >= 15 is 0 Å². The molecule has 0 atom stereocenters. The van der Waals surface area contributed by atoms with Crippen LogP contribution in [0.25, 0.3) is 0 Å². The van der Waals surface area contributed by atoms with E-state index in [4.69, 9.17) is 4.74 Å². The Balaban J connectivity index is 2.43. The first-order chi connectivity index (χ1) is 8.74. The summed E-state index contributed by atoms with van der Waals surface area (Å²) in [4.78, 5) is 4.15. The van der Waals surface area contributed by atoms with E-state index in [-0.39, 0.29) is 0 Å². The number of nitrogens with zero attached hydrogens (tertiary/aromatic N) is 1. The maximum atomic E-state index is 5.77. The summed E-state index contributed by atoms with van der Waals surface area (Å²) in [5.74, 6) is 1.59. The van der Waals surface area contributed by atoms with Crippen molar-refractivity contribution >= 4 is 0 Å². The van der Waals surface area contributed by atoms with Crippen molar-refractivity contribution in [3.05, 3.63) is 36.7 Å². The highest BCUT2D eigenvalue weighted by molar-refractivity contribution is 5.29. The molecule has 18 heavy (non-hydrogen) atoms. The van der Waals surface area contributed by atoms with Crippen LogP contribution in [-0.2, 0) is 6.54 Å². The van der Waals surface area contributed by atoms with Gasteiger partial charge < -0.3 is 10.1 Å². The van der Waals surface area contributed by atoms with Crippen LogP contribution in [0.1, 0.15) is 32.3 Å². The Morgan fingerprint density at radius 2 is 2.33 bits per heavy atom. The predicted molar refractivity (Wildman–Crippen MR) is 75.7 cm³/mol. The van der Waals surface area contributed by atoms with Crippen molar-refractivity contribution in [3.63, 3.8) is 0 Å². The van der Waals surface area contributed by atoms with Gasteiger partial charge in [0.05, 0.1) is 6.61 Å². The van der Waals surface area contributed by atoms with Gasteiger partial charge in [0.25, 0.3) is 0 Å². The third kappa shape index (κ3) is 5.82. The van der Waals surface area contributed by atoms with E-state index < -0.39 is 0 Å². The molecule has 0 fully saturated rings. The van der Waals surface area contributed by atoms with Crippen LogP contribution in [0.3, 0.4) is 0 Å². The summed E-state index contributed by atoms with van der Waals surface area (Å²) in [6.45, 7) is 10.6. The van der Waals surface area contributed by atoms with E-state index in [1.54, 1.807) is 6.20 Å². The van der Waals surface area contributed by atoms with E-state index in [9.17, 15) is 0 Å². The lowest BCUT2D eigenvalue weighted by molar-refractivity contribution is 0.307. The first-order valence-electron chi connectivity index (χ1n) is 6.61. The fraction of sp³-hybridized carbons (Fsp3) is 0.533. The van der Waals surface area contributed by atoms with Gasteiger partial charge in [-0.2, -0.15) is 0 Å². The number of aromatic nitrogens is 1. The van der Waals surface area contributed by atoms with Crippen LogP contribution >= 0.6 is 0 Å². The lowest BCUT2D eigenvalue weighted by Crippen LogP contribution is -2.19. The normalized spacial score (nSPS) is 10.6. The molecule has 0 bridgehead atoms. The first-order valence-corrected chi connectivity index (χ1v) is 6.61. The van der Waals surface area contributed by atoms with Gasteiger partial charge in [0.15, 0.2) is 0 Å². The summed E-state index contributed by atoms with van der Waals surface area (Å²) in [5, 5.41) is 3.41. The molecular weight excluding hydrogens is 224 g/mol. The molecule has 1 rings (SSSR count). The molecule has 3 nitrogen and oxygen atoms in total. The Bertz CT molecular complexity index is 350. The average Bonchev–Trinajstić information content (AvgIpc) is 2.36. The second kappa shape index (κ2) is 8.70. The number of rotatable bonds is 9. The van der Waals surface area contributed by atoms with Gasteiger partial charge in [-0.25, -0.2) is 0 Å². The molecule has 0 amide bonds. The monoisotopic (exact) mass is 248 g/mol. The summed E-state index contributed by atoms with van der Waals surface area (Å²) in [6, 6.07) is 1.93. The van der Waals surface area contributed by atoms with Crippen molar-refractivity contribution in [2.45, 2.75) is 33.2 Å². The highest BCUT2D eigenvalue weighted by atomic mass is 16.5. The largest absolute Gasteiger partial charge is 0.493 e. The average molecular weight is 248 g/mol. The number of unbranched alkanes of at least 4 members (excludes halogenated alkanes) is 1. The van der Waals surface area contributed by atoms with E-state index in [1.165, 1.54) is 0 Å². The zero-order valence-electron chi connectivity index (χ0n) is 11.5. The molecule has 100 valence electrons. The van der Waals surface area contributed by atoms with Gasteiger partial charge >= 0.3 is 0 Å². The molecule has 0 radical (unpaired) electrons. The van der Waals surface area contributed by atoms with Crippen LogP contribution in [-0.4, -0.2) is 18.1 Å². The molecule has 0 aromatic carbocycles. The summed E-state index contributed by atoms with van der Waals surface area (Å²) < 4.78 is 5.77. The van der Waals surface area contributed by atoms with Crippen LogP contribution in [0.5, 0.6) is 5.75 Å². The minimum Gasteiger partial charge on any atom is -0.493 e. The molecule has 3 heteroatoms. The molecule has 0 saturated carbocycles. The SMILES string of the molecule is C=CCCCOc1ccncc1CNCC(C)C. The zero-order valence-corrected chi connectivity index (χ0v) is 11.5. The van der Waals surface area contributed by atoms with Crippen LogP contribution < -0.4 is 10.1 Å². The molecule has 1 N–H and O–H groups in total. The molecule has 0 aliphatic carbocycles. The predicted octanol–water partition coefficient (Wildman–Crippen LogP) is 3.17. The first kappa shape index (κ1) is 14.7. The van der Waals surface area contributed by atoms with Crippen molar-refractivity contribution in [3.8, 4) is 5.75 Å². The summed E-state index contributed by atoms with van der Waals surface area (Å²) in [5.41, 5.74) is 1.12. The molecule has 0 saturated heterocycles. The summed E-state index contributed by atoms with van der Waals surface area (Å²) >= 11 is 0. The third-order valence-corrected chi connectivity index (χ3v) is 2.54. The van der Waals surface area contributed by atoms with Gasteiger partial charge in [0.2, 0.25) is 0 Å².